The molecule has 1 spiro atoms. The second-order valence-corrected chi connectivity index (χ2v) is 6.85. The van der Waals surface area contributed by atoms with Crippen LogP contribution in [0, 0.1) is 0 Å². The third-order valence-corrected chi connectivity index (χ3v) is 5.13. The van der Waals surface area contributed by atoms with E-state index in [1.807, 2.05) is 24.3 Å². The number of amides is 1. The van der Waals surface area contributed by atoms with Crippen LogP contribution in [0.4, 0.5) is 0 Å². The number of ether oxygens (including phenoxy) is 1. The number of hydrogen-bond acceptors (Lipinski definition) is 4. The second-order valence-electron chi connectivity index (χ2n) is 6.85. The van der Waals surface area contributed by atoms with E-state index in [1.165, 1.54) is 19.3 Å². The molecule has 2 aromatic rings. The SMILES string of the molecule is O=C(NC1COC2(CCCCC2)C1)c1cccc(-n2cnnc2)c1. The van der Waals surface area contributed by atoms with Gasteiger partial charge in [0.25, 0.3) is 5.91 Å². The molecule has 2 aliphatic rings. The van der Waals surface area contributed by atoms with Crippen LogP contribution in [0.2, 0.25) is 0 Å². The number of nitrogens with one attached hydrogen (secondary N) is 1. The molecule has 0 bridgehead atoms. The maximum atomic E-state index is 12.6. The van der Waals surface area contributed by atoms with Crippen molar-refractivity contribution in [1.29, 1.82) is 0 Å². The van der Waals surface area contributed by atoms with Crippen molar-refractivity contribution < 1.29 is 9.53 Å². The van der Waals surface area contributed by atoms with Gasteiger partial charge in [-0.1, -0.05) is 25.3 Å². The molecular weight excluding hydrogens is 304 g/mol. The smallest absolute Gasteiger partial charge is 0.251 e. The van der Waals surface area contributed by atoms with Gasteiger partial charge in [0.1, 0.15) is 12.7 Å². The monoisotopic (exact) mass is 326 g/mol. The Hall–Kier alpha value is -2.21. The van der Waals surface area contributed by atoms with Crippen LogP contribution in [-0.2, 0) is 4.74 Å². The molecule has 2 fully saturated rings. The van der Waals surface area contributed by atoms with Crippen molar-refractivity contribution in [1.82, 2.24) is 20.1 Å². The van der Waals surface area contributed by atoms with Gasteiger partial charge in [-0.05, 0) is 37.5 Å². The van der Waals surface area contributed by atoms with Gasteiger partial charge in [0.2, 0.25) is 0 Å². The van der Waals surface area contributed by atoms with Crippen LogP contribution in [0.25, 0.3) is 5.69 Å². The Morgan fingerprint density at radius 3 is 2.79 bits per heavy atom. The lowest BCUT2D eigenvalue weighted by atomic mass is 9.82. The summed E-state index contributed by atoms with van der Waals surface area (Å²) in [7, 11) is 0. The number of carbonyl (C=O) groups is 1. The number of nitrogens with zero attached hydrogens (tertiary/aromatic N) is 3. The Morgan fingerprint density at radius 2 is 2.00 bits per heavy atom. The van der Waals surface area contributed by atoms with E-state index >= 15 is 0 Å². The van der Waals surface area contributed by atoms with Crippen molar-refractivity contribution in [3.8, 4) is 5.69 Å². The number of aromatic nitrogens is 3. The Morgan fingerprint density at radius 1 is 1.21 bits per heavy atom. The van der Waals surface area contributed by atoms with Gasteiger partial charge in [-0.3, -0.25) is 9.36 Å². The summed E-state index contributed by atoms with van der Waals surface area (Å²) < 4.78 is 7.86. The minimum atomic E-state index is -0.0496. The minimum absolute atomic E-state index is 0.0144. The van der Waals surface area contributed by atoms with Crippen LogP contribution in [0.5, 0.6) is 0 Å². The molecule has 24 heavy (non-hydrogen) atoms. The van der Waals surface area contributed by atoms with Gasteiger partial charge in [0, 0.05) is 11.3 Å². The maximum absolute atomic E-state index is 12.6. The number of rotatable bonds is 3. The average Bonchev–Trinajstić information content (AvgIpc) is 3.27. The summed E-state index contributed by atoms with van der Waals surface area (Å²) in [4.78, 5) is 12.6. The van der Waals surface area contributed by atoms with Gasteiger partial charge < -0.3 is 10.1 Å². The molecule has 1 unspecified atom stereocenters. The lowest BCUT2D eigenvalue weighted by molar-refractivity contribution is -0.0246. The highest BCUT2D eigenvalue weighted by Crippen LogP contribution is 2.39. The standard InChI is InChI=1S/C18H22N4O2/c23-17(14-5-4-6-16(9-14)22-12-19-20-13-22)21-15-10-18(24-11-15)7-2-1-3-8-18/h4-6,9,12-13,15H,1-3,7-8,10-11H2,(H,21,23). The summed E-state index contributed by atoms with van der Waals surface area (Å²) >= 11 is 0. The fraction of sp³-hybridized carbons (Fsp3) is 0.500. The highest BCUT2D eigenvalue weighted by atomic mass is 16.5. The van der Waals surface area contributed by atoms with Gasteiger partial charge in [0.15, 0.2) is 0 Å². The largest absolute Gasteiger partial charge is 0.373 e. The molecule has 126 valence electrons. The molecule has 1 saturated carbocycles. The predicted molar refractivity (Wildman–Crippen MR) is 89.0 cm³/mol. The highest BCUT2D eigenvalue weighted by Gasteiger charge is 2.41. The summed E-state index contributed by atoms with van der Waals surface area (Å²) in [6.45, 7) is 0.622. The van der Waals surface area contributed by atoms with E-state index in [1.54, 1.807) is 17.2 Å². The third kappa shape index (κ3) is 3.06. The van der Waals surface area contributed by atoms with E-state index in [9.17, 15) is 4.79 Å². The molecule has 4 rings (SSSR count). The molecule has 1 aliphatic carbocycles. The Balaban J connectivity index is 1.42. The lowest BCUT2D eigenvalue weighted by Crippen LogP contribution is -2.37. The summed E-state index contributed by atoms with van der Waals surface area (Å²) in [6.07, 6.45) is 10.2. The molecule has 6 nitrogen and oxygen atoms in total. The first-order chi connectivity index (χ1) is 11.7. The van der Waals surface area contributed by atoms with Crippen LogP contribution in [0.15, 0.2) is 36.9 Å². The van der Waals surface area contributed by atoms with E-state index in [0.29, 0.717) is 12.2 Å². The molecule has 6 heteroatoms. The highest BCUT2D eigenvalue weighted by molar-refractivity contribution is 5.95. The Kier molecular flexibility index (Phi) is 4.06. The first kappa shape index (κ1) is 15.3. The number of carbonyl (C=O) groups excluding carboxylic acids is 1. The molecular formula is C18H22N4O2. The van der Waals surface area contributed by atoms with Crippen molar-refractivity contribution in [2.45, 2.75) is 50.2 Å². The first-order valence-electron chi connectivity index (χ1n) is 8.64. The number of benzene rings is 1. The van der Waals surface area contributed by atoms with E-state index < -0.39 is 0 Å². The van der Waals surface area contributed by atoms with Gasteiger partial charge >= 0.3 is 0 Å². The van der Waals surface area contributed by atoms with Crippen molar-refractivity contribution >= 4 is 5.91 Å². The zero-order valence-electron chi connectivity index (χ0n) is 13.6. The molecule has 1 N–H and O–H groups in total. The molecule has 2 heterocycles. The van der Waals surface area contributed by atoms with E-state index in [0.717, 1.165) is 24.9 Å². The van der Waals surface area contributed by atoms with Crippen molar-refractivity contribution in [3.05, 3.63) is 42.5 Å². The van der Waals surface area contributed by atoms with Crippen molar-refractivity contribution in [3.63, 3.8) is 0 Å². The molecule has 1 saturated heterocycles. The quantitative estimate of drug-likeness (QED) is 0.941. The zero-order valence-corrected chi connectivity index (χ0v) is 13.6. The number of hydrogen-bond donors (Lipinski definition) is 1. The van der Waals surface area contributed by atoms with Crippen LogP contribution in [-0.4, -0.2) is 38.9 Å². The molecule has 1 aliphatic heterocycles. The fourth-order valence-corrected chi connectivity index (χ4v) is 3.89. The van der Waals surface area contributed by atoms with E-state index in [2.05, 4.69) is 15.5 Å². The normalized spacial score (nSPS) is 22.6. The van der Waals surface area contributed by atoms with Crippen molar-refractivity contribution in [2.24, 2.45) is 0 Å². The Bertz CT molecular complexity index is 708. The average molecular weight is 326 g/mol. The molecule has 1 atom stereocenters. The topological polar surface area (TPSA) is 69.0 Å². The molecule has 0 radical (unpaired) electrons. The zero-order chi connectivity index (χ0) is 16.4. The first-order valence-corrected chi connectivity index (χ1v) is 8.64. The van der Waals surface area contributed by atoms with Crippen LogP contribution in [0.1, 0.15) is 48.9 Å². The molecule has 1 aromatic heterocycles. The summed E-state index contributed by atoms with van der Waals surface area (Å²) in [5, 5.41) is 10.7. The second kappa shape index (κ2) is 6.36. The van der Waals surface area contributed by atoms with Gasteiger partial charge in [0.05, 0.1) is 18.2 Å². The minimum Gasteiger partial charge on any atom is -0.373 e. The van der Waals surface area contributed by atoms with Crippen LogP contribution in [0.3, 0.4) is 0 Å². The predicted octanol–water partition coefficient (Wildman–Crippen LogP) is 2.49. The van der Waals surface area contributed by atoms with E-state index in [4.69, 9.17) is 4.74 Å². The van der Waals surface area contributed by atoms with Gasteiger partial charge in [-0.15, -0.1) is 10.2 Å². The summed E-state index contributed by atoms with van der Waals surface area (Å²) in [6, 6.07) is 7.59. The van der Waals surface area contributed by atoms with Crippen LogP contribution >= 0.6 is 0 Å². The van der Waals surface area contributed by atoms with E-state index in [-0.39, 0.29) is 17.6 Å². The van der Waals surface area contributed by atoms with Gasteiger partial charge in [-0.25, -0.2) is 0 Å². The van der Waals surface area contributed by atoms with Gasteiger partial charge in [-0.2, -0.15) is 0 Å². The molecule has 1 amide bonds. The summed E-state index contributed by atoms with van der Waals surface area (Å²) in [5.74, 6) is -0.0496. The van der Waals surface area contributed by atoms with Crippen LogP contribution < -0.4 is 5.32 Å². The van der Waals surface area contributed by atoms with Crippen molar-refractivity contribution in [2.75, 3.05) is 6.61 Å². The molecule has 1 aromatic carbocycles. The third-order valence-electron chi connectivity index (χ3n) is 5.13. The summed E-state index contributed by atoms with van der Waals surface area (Å²) in [5.41, 5.74) is 1.53. The Labute approximate surface area is 141 Å². The maximum Gasteiger partial charge on any atom is 0.251 e. The lowest BCUT2D eigenvalue weighted by Gasteiger charge is -2.32. The fourth-order valence-electron chi connectivity index (χ4n) is 3.89.